The first-order valence-electron chi connectivity index (χ1n) is 9.07. The maximum Gasteiger partial charge on any atom is 0.161 e. The molecule has 2 aromatic rings. The van der Waals surface area contributed by atoms with Crippen molar-refractivity contribution in [1.29, 1.82) is 0 Å². The molecular formula is C22H27ClNO3-. The number of β-amino-alcohol motifs (C(OH)–C–C–N with tert-alkyl or cyclic N) is 1. The zero-order valence-corrected chi connectivity index (χ0v) is 16.5. The van der Waals surface area contributed by atoms with Crippen LogP contribution in [-0.4, -0.2) is 42.9 Å². The van der Waals surface area contributed by atoms with Crippen LogP contribution in [0.15, 0.2) is 55.1 Å². The number of aliphatic hydroxyl groups is 1. The van der Waals surface area contributed by atoms with E-state index in [-0.39, 0.29) is 19.0 Å². The summed E-state index contributed by atoms with van der Waals surface area (Å²) in [5.41, 5.74) is 3.89. The maximum absolute atomic E-state index is 10.4. The first-order valence-corrected chi connectivity index (χ1v) is 9.07. The van der Waals surface area contributed by atoms with Crippen LogP contribution in [0.2, 0.25) is 0 Å². The van der Waals surface area contributed by atoms with Crippen molar-refractivity contribution in [3.05, 3.63) is 71.8 Å². The Balaban J connectivity index is 0.00000261. The second-order valence-electron chi connectivity index (χ2n) is 6.70. The third-order valence-corrected chi connectivity index (χ3v) is 4.72. The molecule has 1 aliphatic heterocycles. The number of nitrogens with zero attached hydrogens (tertiary/aromatic N) is 1. The smallest absolute Gasteiger partial charge is 0.161 e. The van der Waals surface area contributed by atoms with Gasteiger partial charge in [0.05, 0.1) is 7.11 Å². The van der Waals surface area contributed by atoms with Crippen molar-refractivity contribution in [2.24, 2.45) is 0 Å². The molecular weight excluding hydrogens is 362 g/mol. The van der Waals surface area contributed by atoms with Gasteiger partial charge in [0.25, 0.3) is 0 Å². The van der Waals surface area contributed by atoms with E-state index in [1.165, 1.54) is 11.1 Å². The van der Waals surface area contributed by atoms with Gasteiger partial charge in [-0.2, -0.15) is 0 Å². The fraction of sp³-hybridized carbons (Fsp3) is 0.364. The molecule has 1 atom stereocenters. The molecule has 4 nitrogen and oxygen atoms in total. The minimum absolute atomic E-state index is 0. The molecule has 0 spiro atoms. The van der Waals surface area contributed by atoms with Gasteiger partial charge < -0.3 is 27.0 Å². The van der Waals surface area contributed by atoms with E-state index >= 15 is 0 Å². The van der Waals surface area contributed by atoms with Crippen LogP contribution < -0.4 is 21.9 Å². The van der Waals surface area contributed by atoms with Crippen molar-refractivity contribution < 1.29 is 27.0 Å². The van der Waals surface area contributed by atoms with Crippen LogP contribution in [0.1, 0.15) is 16.7 Å². The predicted molar refractivity (Wildman–Crippen MR) is 104 cm³/mol. The molecule has 0 aliphatic carbocycles. The molecule has 3 rings (SSSR count). The molecule has 0 bridgehead atoms. The van der Waals surface area contributed by atoms with Crippen molar-refractivity contribution in [3.8, 4) is 11.5 Å². The lowest BCUT2D eigenvalue weighted by atomic mass is 10.00. The van der Waals surface area contributed by atoms with Crippen LogP contribution in [0.5, 0.6) is 11.5 Å². The highest BCUT2D eigenvalue weighted by Crippen LogP contribution is 2.28. The lowest BCUT2D eigenvalue weighted by Gasteiger charge is -2.30. The topological polar surface area (TPSA) is 41.9 Å². The largest absolute Gasteiger partial charge is 1.00 e. The molecule has 0 amide bonds. The summed E-state index contributed by atoms with van der Waals surface area (Å²) in [6, 6.07) is 14.4. The molecule has 0 saturated heterocycles. The average Bonchev–Trinajstić information content (AvgIpc) is 2.67. The van der Waals surface area contributed by atoms with E-state index in [1.807, 2.05) is 24.3 Å². The van der Waals surface area contributed by atoms with Crippen LogP contribution in [0.25, 0.3) is 0 Å². The standard InChI is InChI=1S/C22H27NO3.ClH/c1-3-6-17-9-10-21(22(13-17)25-2)26-16-20(24)15-23-12-11-18-7-4-5-8-19(18)14-23;/h3-5,7-10,13,20,24H,1,6,11-12,14-16H2,2H3;1H/p-1. The summed E-state index contributed by atoms with van der Waals surface area (Å²) in [6.45, 7) is 6.45. The number of allylic oxidation sites excluding steroid dienone is 1. The number of ether oxygens (including phenoxy) is 2. The molecule has 0 saturated carbocycles. The summed E-state index contributed by atoms with van der Waals surface area (Å²) in [4.78, 5) is 2.28. The molecule has 1 heterocycles. The second kappa shape index (κ2) is 10.4. The van der Waals surface area contributed by atoms with E-state index in [0.717, 1.165) is 31.5 Å². The Kier molecular flexibility index (Phi) is 8.17. The van der Waals surface area contributed by atoms with Crippen LogP contribution in [0.4, 0.5) is 0 Å². The number of halogens is 1. The van der Waals surface area contributed by atoms with Gasteiger partial charge in [-0.05, 0) is 41.7 Å². The quantitative estimate of drug-likeness (QED) is 0.657. The van der Waals surface area contributed by atoms with Crippen LogP contribution in [-0.2, 0) is 19.4 Å². The Morgan fingerprint density at radius 3 is 2.70 bits per heavy atom. The van der Waals surface area contributed by atoms with Crippen molar-refractivity contribution in [1.82, 2.24) is 4.90 Å². The van der Waals surface area contributed by atoms with Gasteiger partial charge in [-0.25, -0.2) is 0 Å². The van der Waals surface area contributed by atoms with Crippen molar-refractivity contribution >= 4 is 0 Å². The Morgan fingerprint density at radius 1 is 1.19 bits per heavy atom. The van der Waals surface area contributed by atoms with E-state index in [4.69, 9.17) is 9.47 Å². The molecule has 0 fully saturated rings. The summed E-state index contributed by atoms with van der Waals surface area (Å²) in [7, 11) is 1.63. The SMILES string of the molecule is C=CCc1ccc(OCC(O)CN2CCc3ccccc3C2)c(OC)c1.[Cl-]. The van der Waals surface area contributed by atoms with E-state index in [9.17, 15) is 5.11 Å². The van der Waals surface area contributed by atoms with Crippen LogP contribution in [0.3, 0.4) is 0 Å². The number of fused-ring (bicyclic) bond motifs is 1. The fourth-order valence-electron chi connectivity index (χ4n) is 3.37. The Bertz CT molecular complexity index is 750. The number of aliphatic hydroxyl groups excluding tert-OH is 1. The highest BCUT2D eigenvalue weighted by molar-refractivity contribution is 5.43. The van der Waals surface area contributed by atoms with Gasteiger partial charge in [-0.15, -0.1) is 6.58 Å². The summed E-state index contributed by atoms with van der Waals surface area (Å²) >= 11 is 0. The molecule has 1 unspecified atom stereocenters. The van der Waals surface area contributed by atoms with Crippen molar-refractivity contribution in [3.63, 3.8) is 0 Å². The monoisotopic (exact) mass is 388 g/mol. The minimum Gasteiger partial charge on any atom is -1.00 e. The van der Waals surface area contributed by atoms with Gasteiger partial charge in [0.1, 0.15) is 12.7 Å². The highest BCUT2D eigenvalue weighted by Gasteiger charge is 2.19. The third kappa shape index (κ3) is 5.73. The van der Waals surface area contributed by atoms with E-state index < -0.39 is 6.10 Å². The molecule has 0 radical (unpaired) electrons. The number of hydrogen-bond donors (Lipinski definition) is 1. The van der Waals surface area contributed by atoms with Crippen LogP contribution >= 0.6 is 0 Å². The zero-order valence-electron chi connectivity index (χ0n) is 15.7. The van der Waals surface area contributed by atoms with Crippen LogP contribution in [0, 0.1) is 0 Å². The number of hydrogen-bond acceptors (Lipinski definition) is 4. The predicted octanol–water partition coefficient (Wildman–Crippen LogP) is 0.226. The van der Waals surface area contributed by atoms with Gasteiger partial charge in [-0.1, -0.05) is 36.4 Å². The molecule has 146 valence electrons. The lowest BCUT2D eigenvalue weighted by molar-refractivity contribution is -0.00000817. The summed E-state index contributed by atoms with van der Waals surface area (Å²) < 4.78 is 11.2. The Labute approximate surface area is 167 Å². The first-order chi connectivity index (χ1) is 12.7. The van der Waals surface area contributed by atoms with E-state index in [1.54, 1.807) is 7.11 Å². The highest BCUT2D eigenvalue weighted by atomic mass is 35.5. The summed E-state index contributed by atoms with van der Waals surface area (Å²) in [5, 5.41) is 10.4. The molecule has 27 heavy (non-hydrogen) atoms. The molecule has 5 heteroatoms. The summed E-state index contributed by atoms with van der Waals surface area (Å²) in [5.74, 6) is 1.34. The minimum atomic E-state index is -0.544. The molecule has 2 aromatic carbocycles. The zero-order chi connectivity index (χ0) is 18.4. The van der Waals surface area contributed by atoms with Gasteiger partial charge in [0.15, 0.2) is 11.5 Å². The average molecular weight is 389 g/mol. The van der Waals surface area contributed by atoms with Gasteiger partial charge in [0, 0.05) is 19.6 Å². The van der Waals surface area contributed by atoms with Crippen molar-refractivity contribution in [2.45, 2.75) is 25.5 Å². The molecule has 1 N–H and O–H groups in total. The van der Waals surface area contributed by atoms with Gasteiger partial charge in [-0.3, -0.25) is 4.90 Å². The molecule has 1 aliphatic rings. The van der Waals surface area contributed by atoms with Gasteiger partial charge in [0.2, 0.25) is 0 Å². The maximum atomic E-state index is 10.4. The lowest BCUT2D eigenvalue weighted by Crippen LogP contribution is -3.00. The first kappa shape index (κ1) is 21.3. The Hall–Kier alpha value is -2.01. The number of benzene rings is 2. The van der Waals surface area contributed by atoms with E-state index in [0.29, 0.717) is 18.0 Å². The number of rotatable bonds is 8. The summed E-state index contributed by atoms with van der Waals surface area (Å²) in [6.07, 6.45) is 3.13. The van der Waals surface area contributed by atoms with E-state index in [2.05, 4.69) is 35.7 Å². The normalized spacial score (nSPS) is 14.6. The fourth-order valence-corrected chi connectivity index (χ4v) is 3.37. The molecule has 0 aromatic heterocycles. The van der Waals surface area contributed by atoms with Crippen molar-refractivity contribution in [2.75, 3.05) is 26.8 Å². The Morgan fingerprint density at radius 2 is 1.96 bits per heavy atom. The third-order valence-electron chi connectivity index (χ3n) is 4.72. The van der Waals surface area contributed by atoms with Gasteiger partial charge >= 0.3 is 0 Å². The number of methoxy groups -OCH3 is 1. The second-order valence-corrected chi connectivity index (χ2v) is 6.70.